The molecule has 24 heavy (non-hydrogen) atoms. The summed E-state index contributed by atoms with van der Waals surface area (Å²) >= 11 is 1.63. The molecule has 0 atom stereocenters. The van der Waals surface area contributed by atoms with E-state index in [9.17, 15) is 4.79 Å². The van der Waals surface area contributed by atoms with Crippen molar-refractivity contribution in [1.29, 1.82) is 0 Å². The van der Waals surface area contributed by atoms with Gasteiger partial charge in [-0.1, -0.05) is 0 Å². The molecule has 130 valence electrons. The Hall–Kier alpha value is -1.93. The molecule has 3 heterocycles. The first-order chi connectivity index (χ1) is 11.8. The van der Waals surface area contributed by atoms with Crippen molar-refractivity contribution in [3.05, 3.63) is 11.4 Å². The van der Waals surface area contributed by atoms with E-state index < -0.39 is 0 Å². The second kappa shape index (κ2) is 8.25. The molecule has 2 N–H and O–H groups in total. The van der Waals surface area contributed by atoms with E-state index in [0.717, 1.165) is 48.5 Å². The second-order valence-electron chi connectivity index (χ2n) is 5.72. The molecule has 1 amide bonds. The fraction of sp³-hybridized carbons (Fsp3) is 0.562. The van der Waals surface area contributed by atoms with E-state index in [4.69, 9.17) is 4.74 Å². The first-order valence-electron chi connectivity index (χ1n) is 8.27. The fourth-order valence-electron chi connectivity index (χ4n) is 2.74. The molecular formula is C16H23N5O2S. The quantitative estimate of drug-likeness (QED) is 0.676. The van der Waals surface area contributed by atoms with Crippen LogP contribution in [0.15, 0.2) is 11.4 Å². The van der Waals surface area contributed by atoms with Gasteiger partial charge in [0.2, 0.25) is 11.9 Å². The third-order valence-corrected chi connectivity index (χ3v) is 4.87. The minimum atomic E-state index is 0.280. The van der Waals surface area contributed by atoms with Crippen molar-refractivity contribution in [2.45, 2.75) is 19.3 Å². The predicted octanol–water partition coefficient (Wildman–Crippen LogP) is 2.17. The maximum absolute atomic E-state index is 11.6. The van der Waals surface area contributed by atoms with Gasteiger partial charge in [0.05, 0.1) is 16.8 Å². The lowest BCUT2D eigenvalue weighted by molar-refractivity contribution is -0.127. The first kappa shape index (κ1) is 16.9. The highest BCUT2D eigenvalue weighted by Crippen LogP contribution is 2.27. The summed E-state index contributed by atoms with van der Waals surface area (Å²) in [6, 6.07) is 2.00. The van der Waals surface area contributed by atoms with Crippen molar-refractivity contribution < 1.29 is 9.53 Å². The molecule has 0 unspecified atom stereocenters. The molecule has 1 fully saturated rings. The van der Waals surface area contributed by atoms with Gasteiger partial charge in [0.1, 0.15) is 5.82 Å². The number of fused-ring (bicyclic) bond motifs is 1. The number of hydrogen-bond donors (Lipinski definition) is 2. The van der Waals surface area contributed by atoms with E-state index in [1.165, 1.54) is 0 Å². The summed E-state index contributed by atoms with van der Waals surface area (Å²) in [4.78, 5) is 22.6. The molecule has 2 aromatic rings. The van der Waals surface area contributed by atoms with Crippen molar-refractivity contribution in [1.82, 2.24) is 14.9 Å². The molecule has 1 saturated heterocycles. The Balaban J connectivity index is 1.58. The van der Waals surface area contributed by atoms with Gasteiger partial charge in [0.15, 0.2) is 0 Å². The number of nitrogens with one attached hydrogen (secondary N) is 2. The minimum absolute atomic E-state index is 0.280. The average Bonchev–Trinajstić information content (AvgIpc) is 3.20. The summed E-state index contributed by atoms with van der Waals surface area (Å²) in [5.41, 5.74) is 0.937. The van der Waals surface area contributed by atoms with Gasteiger partial charge in [-0.15, -0.1) is 11.3 Å². The minimum Gasteiger partial charge on any atom is -0.383 e. The molecular weight excluding hydrogens is 326 g/mol. The smallest absolute Gasteiger partial charge is 0.225 e. The van der Waals surface area contributed by atoms with Gasteiger partial charge in [-0.2, -0.15) is 4.98 Å². The number of hydrogen-bond acceptors (Lipinski definition) is 7. The summed E-state index contributed by atoms with van der Waals surface area (Å²) in [6.45, 7) is 3.77. The summed E-state index contributed by atoms with van der Waals surface area (Å²) in [5, 5.41) is 8.59. The molecule has 7 nitrogen and oxygen atoms in total. The van der Waals surface area contributed by atoms with Crippen LogP contribution in [-0.2, 0) is 9.53 Å². The molecule has 8 heteroatoms. The highest BCUT2D eigenvalue weighted by molar-refractivity contribution is 7.17. The van der Waals surface area contributed by atoms with Crippen LogP contribution in [0.25, 0.3) is 10.2 Å². The Kier molecular flexibility index (Phi) is 5.81. The molecule has 0 radical (unpaired) electrons. The Morgan fingerprint density at radius 3 is 3.04 bits per heavy atom. The Bertz CT molecular complexity index is 690. The average molecular weight is 349 g/mol. The topological polar surface area (TPSA) is 79.4 Å². The molecule has 0 aliphatic carbocycles. The van der Waals surface area contributed by atoms with Crippen LogP contribution < -0.4 is 10.6 Å². The number of ether oxygens (including phenoxy) is 1. The van der Waals surface area contributed by atoms with Crippen LogP contribution in [-0.4, -0.2) is 60.7 Å². The number of carbonyl (C=O) groups is 1. The number of amides is 1. The fourth-order valence-corrected chi connectivity index (χ4v) is 3.54. The maximum atomic E-state index is 11.6. The zero-order valence-electron chi connectivity index (χ0n) is 13.9. The molecule has 0 saturated carbocycles. The van der Waals surface area contributed by atoms with Gasteiger partial charge >= 0.3 is 0 Å². The largest absolute Gasteiger partial charge is 0.383 e. The number of aromatic nitrogens is 2. The third-order valence-electron chi connectivity index (χ3n) is 3.96. The third kappa shape index (κ3) is 4.12. The second-order valence-corrected chi connectivity index (χ2v) is 6.63. The number of carbonyl (C=O) groups excluding carboxylic acids is 1. The van der Waals surface area contributed by atoms with E-state index in [-0.39, 0.29) is 5.91 Å². The van der Waals surface area contributed by atoms with Crippen LogP contribution in [0.2, 0.25) is 0 Å². The lowest BCUT2D eigenvalue weighted by atomic mass is 10.3. The SMILES string of the molecule is COCCNc1nc(NCCCN2CCCC2=O)c2sccc2n1. The normalized spacial score (nSPS) is 14.5. The summed E-state index contributed by atoms with van der Waals surface area (Å²) in [5.74, 6) is 1.74. The van der Waals surface area contributed by atoms with Crippen molar-refractivity contribution in [3.8, 4) is 0 Å². The highest BCUT2D eigenvalue weighted by Gasteiger charge is 2.19. The lowest BCUT2D eigenvalue weighted by Crippen LogP contribution is -2.27. The lowest BCUT2D eigenvalue weighted by Gasteiger charge is -2.15. The summed E-state index contributed by atoms with van der Waals surface area (Å²) < 4.78 is 6.10. The van der Waals surface area contributed by atoms with E-state index >= 15 is 0 Å². The molecule has 0 bridgehead atoms. The van der Waals surface area contributed by atoms with Gasteiger partial charge in [-0.25, -0.2) is 4.98 Å². The van der Waals surface area contributed by atoms with E-state index in [0.29, 0.717) is 25.5 Å². The van der Waals surface area contributed by atoms with Crippen molar-refractivity contribution in [3.63, 3.8) is 0 Å². The Labute approximate surface area is 145 Å². The summed E-state index contributed by atoms with van der Waals surface area (Å²) in [6.07, 6.45) is 2.60. The number of methoxy groups -OCH3 is 1. The number of anilines is 2. The van der Waals surface area contributed by atoms with Crippen LogP contribution in [0.5, 0.6) is 0 Å². The number of thiophene rings is 1. The first-order valence-corrected chi connectivity index (χ1v) is 9.15. The van der Waals surface area contributed by atoms with Gasteiger partial charge in [0, 0.05) is 39.7 Å². The molecule has 3 rings (SSSR count). The van der Waals surface area contributed by atoms with Crippen LogP contribution in [0.3, 0.4) is 0 Å². The van der Waals surface area contributed by atoms with E-state index in [1.54, 1.807) is 18.4 Å². The van der Waals surface area contributed by atoms with Crippen LogP contribution >= 0.6 is 11.3 Å². The summed E-state index contributed by atoms with van der Waals surface area (Å²) in [7, 11) is 1.67. The Morgan fingerprint density at radius 2 is 2.25 bits per heavy atom. The van der Waals surface area contributed by atoms with Gasteiger partial charge in [0.25, 0.3) is 0 Å². The number of likely N-dealkylation sites (tertiary alicyclic amines) is 1. The van der Waals surface area contributed by atoms with Crippen LogP contribution in [0, 0.1) is 0 Å². The van der Waals surface area contributed by atoms with Crippen molar-refractivity contribution in [2.75, 3.05) is 50.5 Å². The molecule has 0 spiro atoms. The number of nitrogens with zero attached hydrogens (tertiary/aromatic N) is 3. The number of rotatable bonds is 9. The monoisotopic (exact) mass is 349 g/mol. The molecule has 1 aliphatic heterocycles. The van der Waals surface area contributed by atoms with Crippen LogP contribution in [0.4, 0.5) is 11.8 Å². The predicted molar refractivity (Wildman–Crippen MR) is 96.7 cm³/mol. The zero-order chi connectivity index (χ0) is 16.8. The molecule has 1 aliphatic rings. The zero-order valence-corrected chi connectivity index (χ0v) is 14.7. The maximum Gasteiger partial charge on any atom is 0.225 e. The van der Waals surface area contributed by atoms with Crippen LogP contribution in [0.1, 0.15) is 19.3 Å². The van der Waals surface area contributed by atoms with Crippen molar-refractivity contribution in [2.24, 2.45) is 0 Å². The standard InChI is InChI=1S/C16H23N5O2S/c1-23-10-7-18-16-19-12-5-11-24-14(12)15(20-16)17-6-3-9-21-8-2-4-13(21)22/h5,11H,2-4,6-10H2,1H3,(H2,17,18,19,20). The highest BCUT2D eigenvalue weighted by atomic mass is 32.1. The van der Waals surface area contributed by atoms with Gasteiger partial charge < -0.3 is 20.3 Å². The van der Waals surface area contributed by atoms with Gasteiger partial charge in [-0.3, -0.25) is 4.79 Å². The van der Waals surface area contributed by atoms with E-state index in [1.807, 2.05) is 16.3 Å². The van der Waals surface area contributed by atoms with Crippen molar-refractivity contribution >= 4 is 39.2 Å². The Morgan fingerprint density at radius 1 is 1.33 bits per heavy atom. The molecule has 0 aromatic carbocycles. The van der Waals surface area contributed by atoms with E-state index in [2.05, 4.69) is 20.6 Å². The molecule has 2 aromatic heterocycles. The van der Waals surface area contributed by atoms with Gasteiger partial charge in [-0.05, 0) is 24.3 Å².